The fourth-order valence-corrected chi connectivity index (χ4v) is 2.68. The van der Waals surface area contributed by atoms with Gasteiger partial charge in [-0.2, -0.15) is 0 Å². The number of nitrogens with two attached hydrogens (primary N) is 1. The van der Waals surface area contributed by atoms with E-state index in [1.165, 1.54) is 23.8 Å². The molecule has 0 bridgehead atoms. The number of hydrogen-bond acceptors (Lipinski definition) is 5. The van der Waals surface area contributed by atoms with Crippen LogP contribution in [0.15, 0.2) is 41.7 Å². The van der Waals surface area contributed by atoms with Gasteiger partial charge in [0.05, 0.1) is 0 Å². The van der Waals surface area contributed by atoms with Gasteiger partial charge in [0.2, 0.25) is 5.91 Å². The van der Waals surface area contributed by atoms with Gasteiger partial charge in [0, 0.05) is 37.0 Å². The van der Waals surface area contributed by atoms with Crippen molar-refractivity contribution >= 4 is 28.8 Å². The molecule has 0 radical (unpaired) electrons. The van der Waals surface area contributed by atoms with Gasteiger partial charge >= 0.3 is 0 Å². The highest BCUT2D eigenvalue weighted by molar-refractivity contribution is 7.13. The van der Waals surface area contributed by atoms with Crippen LogP contribution in [0.3, 0.4) is 0 Å². The molecular weight excluding hydrogens is 377 g/mol. The van der Waals surface area contributed by atoms with Crippen molar-refractivity contribution in [1.29, 1.82) is 0 Å². The van der Waals surface area contributed by atoms with Crippen LogP contribution in [0.5, 0.6) is 0 Å². The molecule has 8 heteroatoms. The summed E-state index contributed by atoms with van der Waals surface area (Å²) in [7, 11) is 1.63. The Morgan fingerprint density at radius 2 is 2.07 bits per heavy atom. The van der Waals surface area contributed by atoms with Crippen molar-refractivity contribution < 1.29 is 9.18 Å². The number of aromatic amines is 1. The topological polar surface area (TPSA) is 96.7 Å². The first-order valence-electron chi connectivity index (χ1n) is 9.15. The quantitative estimate of drug-likeness (QED) is 0.678. The van der Waals surface area contributed by atoms with Gasteiger partial charge in [0.15, 0.2) is 5.95 Å². The molecule has 1 aliphatic carbocycles. The lowest BCUT2D eigenvalue weighted by molar-refractivity contribution is -0.120. The SMILES string of the molecule is CCC.CCC(=O)NC.Nc1nc(C2=CC=C(F)CC=C2)c(-c2nccs2)[nH]1. The highest BCUT2D eigenvalue weighted by Crippen LogP contribution is 2.31. The summed E-state index contributed by atoms with van der Waals surface area (Å²) in [6.45, 7) is 6.07. The van der Waals surface area contributed by atoms with Crippen molar-refractivity contribution in [1.82, 2.24) is 20.3 Å². The van der Waals surface area contributed by atoms with Crippen molar-refractivity contribution in [2.75, 3.05) is 12.8 Å². The number of aromatic nitrogens is 3. The Morgan fingerprint density at radius 3 is 2.61 bits per heavy atom. The molecule has 1 aliphatic rings. The van der Waals surface area contributed by atoms with Gasteiger partial charge in [-0.3, -0.25) is 4.79 Å². The standard InChI is InChI=1S/C13H11FN4S.C4H9NO.C3H8/c14-9-3-1-2-8(4-5-9)10-11(18-13(15)17-10)12-16-6-7-19-12;1-3-4(6)5-2;1-3-2/h1-2,4-7H,3H2,(H3,15,17,18);3H2,1-2H3,(H,5,6);3H2,1-2H3. The van der Waals surface area contributed by atoms with Crippen LogP contribution in [0.4, 0.5) is 10.3 Å². The summed E-state index contributed by atoms with van der Waals surface area (Å²) in [4.78, 5) is 21.6. The molecule has 0 saturated carbocycles. The summed E-state index contributed by atoms with van der Waals surface area (Å²) in [6.07, 6.45) is 10.6. The number of thiazole rings is 1. The lowest BCUT2D eigenvalue weighted by Gasteiger charge is -1.99. The molecule has 0 atom stereocenters. The Balaban J connectivity index is 0.000000370. The maximum Gasteiger partial charge on any atom is 0.219 e. The Bertz CT molecular complexity index is 816. The van der Waals surface area contributed by atoms with E-state index >= 15 is 0 Å². The van der Waals surface area contributed by atoms with Crippen LogP contribution in [0, 0.1) is 0 Å². The first-order valence-corrected chi connectivity index (χ1v) is 10.0. The van der Waals surface area contributed by atoms with Gasteiger partial charge < -0.3 is 16.0 Å². The fourth-order valence-electron chi connectivity index (χ4n) is 2.04. The van der Waals surface area contributed by atoms with Gasteiger partial charge in [-0.15, -0.1) is 11.3 Å². The molecule has 28 heavy (non-hydrogen) atoms. The van der Waals surface area contributed by atoms with Crippen LogP contribution < -0.4 is 11.1 Å². The monoisotopic (exact) mass is 405 g/mol. The van der Waals surface area contributed by atoms with Crippen molar-refractivity contribution in [2.45, 2.75) is 40.0 Å². The Hall–Kier alpha value is -2.74. The van der Waals surface area contributed by atoms with Gasteiger partial charge in [-0.05, 0) is 6.08 Å². The summed E-state index contributed by atoms with van der Waals surface area (Å²) in [5, 5.41) is 5.17. The molecule has 0 unspecified atom stereocenters. The van der Waals surface area contributed by atoms with Crippen LogP contribution in [-0.4, -0.2) is 27.9 Å². The van der Waals surface area contributed by atoms with E-state index in [1.807, 2.05) is 18.4 Å². The Morgan fingerprint density at radius 1 is 1.36 bits per heavy atom. The van der Waals surface area contributed by atoms with Crippen molar-refractivity contribution in [3.05, 3.63) is 47.4 Å². The third kappa shape index (κ3) is 7.48. The third-order valence-corrected chi connectivity index (χ3v) is 4.09. The average molecular weight is 406 g/mol. The highest BCUT2D eigenvalue weighted by atomic mass is 32.1. The zero-order valence-electron chi connectivity index (χ0n) is 16.8. The maximum absolute atomic E-state index is 13.2. The number of rotatable bonds is 3. The second-order valence-corrected chi connectivity index (χ2v) is 6.65. The van der Waals surface area contributed by atoms with E-state index in [0.717, 1.165) is 16.3 Å². The predicted molar refractivity (Wildman–Crippen MR) is 115 cm³/mol. The molecule has 3 rings (SSSR count). The van der Waals surface area contributed by atoms with Gasteiger partial charge in [-0.25, -0.2) is 14.4 Å². The van der Waals surface area contributed by atoms with Crippen molar-refractivity contribution in [3.63, 3.8) is 0 Å². The van der Waals surface area contributed by atoms with Crippen LogP contribution in [0.2, 0.25) is 0 Å². The normalized spacial score (nSPS) is 12.5. The predicted octanol–water partition coefficient (Wildman–Crippen LogP) is 4.87. The molecule has 1 amide bonds. The average Bonchev–Trinajstić information content (AvgIpc) is 3.29. The lowest BCUT2D eigenvalue weighted by atomic mass is 10.1. The zero-order valence-corrected chi connectivity index (χ0v) is 17.6. The number of nitrogens with one attached hydrogen (secondary N) is 2. The number of carbonyl (C=O) groups is 1. The number of amides is 1. The van der Waals surface area contributed by atoms with Gasteiger partial charge in [0.25, 0.3) is 0 Å². The number of imidazole rings is 1. The first-order chi connectivity index (χ1) is 13.5. The van der Waals surface area contributed by atoms with Crippen molar-refractivity contribution in [2.24, 2.45) is 0 Å². The smallest absolute Gasteiger partial charge is 0.219 e. The first kappa shape index (κ1) is 23.3. The molecule has 2 heterocycles. The number of nitrogens with zero attached hydrogens (tertiary/aromatic N) is 2. The molecule has 0 spiro atoms. The van der Waals surface area contributed by atoms with E-state index in [0.29, 0.717) is 24.5 Å². The van der Waals surface area contributed by atoms with Gasteiger partial charge in [0.1, 0.15) is 22.2 Å². The number of H-pyrrole nitrogens is 1. The van der Waals surface area contributed by atoms with E-state index in [9.17, 15) is 9.18 Å². The molecule has 4 N–H and O–H groups in total. The van der Waals surface area contributed by atoms with Gasteiger partial charge in [-0.1, -0.05) is 45.4 Å². The van der Waals surface area contributed by atoms with Crippen molar-refractivity contribution in [3.8, 4) is 10.7 Å². The molecule has 0 aromatic carbocycles. The lowest BCUT2D eigenvalue weighted by Crippen LogP contribution is -2.15. The Kier molecular flexibility index (Phi) is 10.5. The molecule has 0 saturated heterocycles. The summed E-state index contributed by atoms with van der Waals surface area (Å²) < 4.78 is 13.2. The summed E-state index contributed by atoms with van der Waals surface area (Å²) >= 11 is 1.49. The highest BCUT2D eigenvalue weighted by Gasteiger charge is 2.15. The summed E-state index contributed by atoms with van der Waals surface area (Å²) in [5.41, 5.74) is 7.99. The second kappa shape index (κ2) is 12.6. The molecular formula is C20H28FN5OS. The summed E-state index contributed by atoms with van der Waals surface area (Å²) in [6, 6.07) is 0. The van der Waals surface area contributed by atoms with E-state index < -0.39 is 0 Å². The molecule has 6 nitrogen and oxygen atoms in total. The number of nitrogen functional groups attached to an aromatic ring is 1. The second-order valence-electron chi connectivity index (χ2n) is 5.76. The van der Waals surface area contributed by atoms with Crippen LogP contribution in [-0.2, 0) is 4.79 Å². The zero-order chi connectivity index (χ0) is 20.9. The molecule has 2 aromatic rings. The van der Waals surface area contributed by atoms with Crippen LogP contribution >= 0.6 is 11.3 Å². The molecule has 0 fully saturated rings. The summed E-state index contributed by atoms with van der Waals surface area (Å²) in [5.74, 6) is 0.240. The minimum Gasteiger partial charge on any atom is -0.369 e. The van der Waals surface area contributed by atoms with E-state index in [4.69, 9.17) is 5.73 Å². The van der Waals surface area contributed by atoms with E-state index in [1.54, 1.807) is 25.4 Å². The number of allylic oxidation sites excluding steroid dienone is 6. The fraction of sp³-hybridized carbons (Fsp3) is 0.350. The number of carbonyl (C=O) groups excluding carboxylic acids is 1. The molecule has 152 valence electrons. The van der Waals surface area contributed by atoms with Crippen LogP contribution in [0.1, 0.15) is 45.7 Å². The minimum absolute atomic E-state index is 0.0926. The third-order valence-electron chi connectivity index (χ3n) is 3.30. The van der Waals surface area contributed by atoms with Crippen LogP contribution in [0.25, 0.3) is 16.3 Å². The minimum atomic E-state index is -0.175. The number of halogens is 1. The largest absolute Gasteiger partial charge is 0.369 e. The number of hydrogen-bond donors (Lipinski definition) is 3. The number of anilines is 1. The van der Waals surface area contributed by atoms with E-state index in [2.05, 4.69) is 34.1 Å². The van der Waals surface area contributed by atoms with E-state index in [-0.39, 0.29) is 11.7 Å². The molecule has 0 aliphatic heterocycles. The maximum atomic E-state index is 13.2. The Labute approximate surface area is 169 Å². The molecule has 2 aromatic heterocycles.